The minimum absolute atomic E-state index is 0.0972. The van der Waals surface area contributed by atoms with Crippen molar-refractivity contribution in [1.82, 2.24) is 5.73 Å². The van der Waals surface area contributed by atoms with Crippen molar-refractivity contribution in [2.45, 2.75) is 32.2 Å². The molecule has 0 rings (SSSR count). The van der Waals surface area contributed by atoms with Crippen LogP contribution < -0.4 is 11.5 Å². The SMILES string of the molecule is CCCC(N)CC([NH])=O. The van der Waals surface area contributed by atoms with Crippen LogP contribution in [0.25, 0.3) is 0 Å². The molecule has 0 bridgehead atoms. The van der Waals surface area contributed by atoms with Gasteiger partial charge in [0.15, 0.2) is 0 Å². The van der Waals surface area contributed by atoms with Gasteiger partial charge in [-0.2, -0.15) is 0 Å². The summed E-state index contributed by atoms with van der Waals surface area (Å²) >= 11 is 0. The summed E-state index contributed by atoms with van der Waals surface area (Å²) < 4.78 is 0. The number of nitrogens with one attached hydrogen (secondary N) is 1. The quantitative estimate of drug-likeness (QED) is 0.593. The van der Waals surface area contributed by atoms with Gasteiger partial charge in [-0.3, -0.25) is 10.5 Å². The molecule has 0 aromatic carbocycles. The molecule has 1 unspecified atom stereocenters. The normalized spacial score (nSPS) is 13.1. The van der Waals surface area contributed by atoms with Crippen LogP contribution >= 0.6 is 0 Å². The average molecular weight is 129 g/mol. The van der Waals surface area contributed by atoms with Crippen molar-refractivity contribution in [2.24, 2.45) is 5.73 Å². The summed E-state index contributed by atoms with van der Waals surface area (Å²) in [5.41, 5.74) is 12.0. The monoisotopic (exact) mass is 129 g/mol. The van der Waals surface area contributed by atoms with Crippen LogP contribution in [-0.2, 0) is 4.79 Å². The highest BCUT2D eigenvalue weighted by Crippen LogP contribution is 1.96. The van der Waals surface area contributed by atoms with Gasteiger partial charge in [0.1, 0.15) is 0 Å². The molecule has 0 aromatic rings. The highest BCUT2D eigenvalue weighted by atomic mass is 16.1. The van der Waals surface area contributed by atoms with E-state index in [1.807, 2.05) is 6.92 Å². The van der Waals surface area contributed by atoms with Crippen LogP contribution in [-0.4, -0.2) is 11.9 Å². The molecular formula is C6H13N2O. The van der Waals surface area contributed by atoms with Crippen LogP contribution in [0.5, 0.6) is 0 Å². The Bertz CT molecular complexity index is 93.1. The Morgan fingerprint density at radius 1 is 1.78 bits per heavy atom. The molecule has 9 heavy (non-hydrogen) atoms. The number of carbonyl (C=O) groups excluding carboxylic acids is 1. The summed E-state index contributed by atoms with van der Waals surface area (Å²) in [6, 6.07) is -0.0972. The van der Waals surface area contributed by atoms with E-state index >= 15 is 0 Å². The smallest absolute Gasteiger partial charge is 0.239 e. The average Bonchev–Trinajstić information content (AvgIpc) is 1.63. The van der Waals surface area contributed by atoms with E-state index in [0.717, 1.165) is 12.8 Å². The molecule has 1 amide bonds. The molecule has 3 heteroatoms. The molecule has 3 N–H and O–H groups in total. The standard InChI is InChI=1S/C6H13N2O/c1-2-3-5(7)4-6(8)9/h5,8H,2-4,7H2,1H3. The summed E-state index contributed by atoms with van der Waals surface area (Å²) in [5.74, 6) is -0.559. The zero-order valence-electron chi connectivity index (χ0n) is 5.68. The molecule has 3 nitrogen and oxygen atoms in total. The largest absolute Gasteiger partial charge is 0.327 e. The van der Waals surface area contributed by atoms with Crippen LogP contribution in [0, 0.1) is 0 Å². The maximum absolute atomic E-state index is 10.1. The number of carbonyl (C=O) groups is 1. The van der Waals surface area contributed by atoms with Gasteiger partial charge in [-0.1, -0.05) is 13.3 Å². The van der Waals surface area contributed by atoms with Crippen molar-refractivity contribution < 1.29 is 4.79 Å². The molecule has 0 heterocycles. The summed E-state index contributed by atoms with van der Waals surface area (Å²) in [4.78, 5) is 10.1. The van der Waals surface area contributed by atoms with Gasteiger partial charge in [0.2, 0.25) is 5.91 Å². The van der Waals surface area contributed by atoms with Crippen molar-refractivity contribution in [1.29, 1.82) is 0 Å². The fourth-order valence-corrected chi connectivity index (χ4v) is 0.711. The first-order valence-corrected chi connectivity index (χ1v) is 3.16. The first-order valence-electron chi connectivity index (χ1n) is 3.16. The Morgan fingerprint density at radius 3 is 2.67 bits per heavy atom. The van der Waals surface area contributed by atoms with E-state index in [1.54, 1.807) is 0 Å². The lowest BCUT2D eigenvalue weighted by Crippen LogP contribution is -2.23. The zero-order chi connectivity index (χ0) is 7.28. The third-order valence-corrected chi connectivity index (χ3v) is 1.11. The van der Waals surface area contributed by atoms with Gasteiger partial charge in [0, 0.05) is 12.5 Å². The van der Waals surface area contributed by atoms with E-state index < -0.39 is 5.91 Å². The molecule has 1 radical (unpaired) electrons. The first kappa shape index (κ1) is 8.43. The minimum Gasteiger partial charge on any atom is -0.327 e. The lowest BCUT2D eigenvalue weighted by molar-refractivity contribution is -0.119. The van der Waals surface area contributed by atoms with Crippen molar-refractivity contribution in [3.63, 3.8) is 0 Å². The highest BCUT2D eigenvalue weighted by Gasteiger charge is 2.03. The van der Waals surface area contributed by atoms with Crippen LogP contribution in [0.15, 0.2) is 0 Å². The second-order valence-corrected chi connectivity index (χ2v) is 2.18. The van der Waals surface area contributed by atoms with E-state index in [9.17, 15) is 4.79 Å². The van der Waals surface area contributed by atoms with Crippen LogP contribution in [0.1, 0.15) is 26.2 Å². The molecule has 0 spiro atoms. The molecule has 0 saturated heterocycles. The predicted octanol–water partition coefficient (Wildman–Crippen LogP) is 0.313. The lowest BCUT2D eigenvalue weighted by atomic mass is 10.1. The third-order valence-electron chi connectivity index (χ3n) is 1.11. The Kier molecular flexibility index (Phi) is 4.05. The molecule has 1 atom stereocenters. The second-order valence-electron chi connectivity index (χ2n) is 2.18. The number of hydrogen-bond acceptors (Lipinski definition) is 2. The van der Waals surface area contributed by atoms with Crippen molar-refractivity contribution in [2.75, 3.05) is 0 Å². The van der Waals surface area contributed by atoms with E-state index in [1.165, 1.54) is 0 Å². The second kappa shape index (κ2) is 4.32. The van der Waals surface area contributed by atoms with Crippen LogP contribution in [0.3, 0.4) is 0 Å². The Morgan fingerprint density at radius 2 is 2.33 bits per heavy atom. The number of amides is 1. The van der Waals surface area contributed by atoms with Gasteiger partial charge < -0.3 is 5.73 Å². The van der Waals surface area contributed by atoms with Gasteiger partial charge in [-0.15, -0.1) is 0 Å². The van der Waals surface area contributed by atoms with E-state index in [-0.39, 0.29) is 12.5 Å². The lowest BCUT2D eigenvalue weighted by Gasteiger charge is -2.04. The molecule has 0 fully saturated rings. The van der Waals surface area contributed by atoms with Crippen molar-refractivity contribution in [3.05, 3.63) is 0 Å². The molecule has 0 aromatic heterocycles. The minimum atomic E-state index is -0.559. The fourth-order valence-electron chi connectivity index (χ4n) is 0.711. The van der Waals surface area contributed by atoms with Crippen LogP contribution in [0.2, 0.25) is 0 Å². The summed E-state index contributed by atoms with van der Waals surface area (Å²) in [6.45, 7) is 2.01. The predicted molar refractivity (Wildman–Crippen MR) is 35.6 cm³/mol. The molecular weight excluding hydrogens is 116 g/mol. The van der Waals surface area contributed by atoms with Crippen LogP contribution in [0.4, 0.5) is 0 Å². The van der Waals surface area contributed by atoms with Crippen molar-refractivity contribution >= 4 is 5.91 Å². The van der Waals surface area contributed by atoms with Gasteiger partial charge >= 0.3 is 0 Å². The summed E-state index contributed by atoms with van der Waals surface area (Å²) in [5, 5.41) is 0. The molecule has 0 aliphatic rings. The number of rotatable bonds is 4. The topological polar surface area (TPSA) is 66.9 Å². The highest BCUT2D eigenvalue weighted by molar-refractivity contribution is 5.73. The number of nitrogens with two attached hydrogens (primary N) is 1. The van der Waals surface area contributed by atoms with Gasteiger partial charge in [-0.05, 0) is 6.42 Å². The summed E-state index contributed by atoms with van der Waals surface area (Å²) in [7, 11) is 0. The zero-order valence-corrected chi connectivity index (χ0v) is 5.68. The van der Waals surface area contributed by atoms with Crippen molar-refractivity contribution in [3.8, 4) is 0 Å². The fraction of sp³-hybridized carbons (Fsp3) is 0.833. The molecule has 0 aliphatic carbocycles. The van der Waals surface area contributed by atoms with E-state index in [2.05, 4.69) is 0 Å². The Labute approximate surface area is 55.4 Å². The first-order chi connectivity index (χ1) is 4.16. The molecule has 0 aliphatic heterocycles. The molecule has 53 valence electrons. The van der Waals surface area contributed by atoms with Gasteiger partial charge in [0.25, 0.3) is 0 Å². The number of hydrogen-bond donors (Lipinski definition) is 1. The molecule has 0 saturated carbocycles. The van der Waals surface area contributed by atoms with E-state index in [4.69, 9.17) is 11.5 Å². The van der Waals surface area contributed by atoms with Gasteiger partial charge in [0.05, 0.1) is 0 Å². The summed E-state index contributed by atoms with van der Waals surface area (Å²) in [6.07, 6.45) is 2.02. The van der Waals surface area contributed by atoms with E-state index in [0.29, 0.717) is 0 Å². The Balaban J connectivity index is 3.26. The maximum Gasteiger partial charge on any atom is 0.239 e. The van der Waals surface area contributed by atoms with Gasteiger partial charge in [-0.25, -0.2) is 0 Å². The third kappa shape index (κ3) is 5.30. The maximum atomic E-state index is 10.1. The Hall–Kier alpha value is -0.570.